The molecule has 0 aliphatic rings. The normalized spacial score (nSPS) is 9.33. The lowest BCUT2D eigenvalue weighted by molar-refractivity contribution is 0.468. The molecule has 0 bridgehead atoms. The van der Waals surface area contributed by atoms with Gasteiger partial charge >= 0.3 is 0 Å². The number of allylic oxidation sites excluding steroid dienone is 2. The minimum absolute atomic E-state index is 0.0792. The topological polar surface area (TPSA) is 25.2 Å². The number of rotatable bonds is 2. The molecule has 0 aliphatic carbocycles. The quantitative estimate of drug-likeness (QED) is 0.557. The fourth-order valence-electron chi connectivity index (χ4n) is 0.807. The van der Waals surface area contributed by atoms with E-state index in [1.54, 1.807) is 22.9 Å². The van der Waals surface area contributed by atoms with Gasteiger partial charge in [0.15, 0.2) is 10.4 Å². The van der Waals surface area contributed by atoms with Crippen molar-refractivity contribution in [3.05, 3.63) is 42.2 Å². The van der Waals surface area contributed by atoms with Crippen molar-refractivity contribution in [1.29, 1.82) is 0 Å². The van der Waals surface area contributed by atoms with Gasteiger partial charge in [0.2, 0.25) is 0 Å². The van der Waals surface area contributed by atoms with Crippen LogP contribution in [-0.4, -0.2) is 9.67 Å². The summed E-state index contributed by atoms with van der Waals surface area (Å²) in [6, 6.07) is 3.23. The Morgan fingerprint density at radius 2 is 2.33 bits per heavy atom. The van der Waals surface area contributed by atoms with Gasteiger partial charge in [0.25, 0.3) is 0 Å². The highest BCUT2D eigenvalue weighted by atomic mass is 32.1. The van der Waals surface area contributed by atoms with Crippen LogP contribution in [0.5, 0.6) is 5.75 Å². The van der Waals surface area contributed by atoms with Crippen LogP contribution in [0.15, 0.2) is 37.6 Å². The summed E-state index contributed by atoms with van der Waals surface area (Å²) < 4.78 is 1.94. The van der Waals surface area contributed by atoms with E-state index in [9.17, 15) is 5.11 Å². The molecule has 0 aromatic carbocycles. The van der Waals surface area contributed by atoms with Crippen LogP contribution in [0.2, 0.25) is 0 Å². The molecule has 0 unspecified atom stereocenters. The maximum atomic E-state index is 9.24. The molecular weight excluding hydrogens is 170 g/mol. The van der Waals surface area contributed by atoms with Gasteiger partial charge in [0.05, 0.1) is 0 Å². The summed E-state index contributed by atoms with van der Waals surface area (Å²) in [6.45, 7) is 7.27. The molecule has 12 heavy (non-hydrogen) atoms. The summed E-state index contributed by atoms with van der Waals surface area (Å²) in [4.78, 5) is 0. The van der Waals surface area contributed by atoms with E-state index in [1.165, 1.54) is 6.07 Å². The van der Waals surface area contributed by atoms with Gasteiger partial charge in [-0.3, -0.25) is 0 Å². The van der Waals surface area contributed by atoms with Crippen LogP contribution in [-0.2, 0) is 0 Å². The molecule has 0 saturated carbocycles. The minimum Gasteiger partial charge on any atom is -0.505 e. The molecule has 0 atom stereocenters. The van der Waals surface area contributed by atoms with Crippen LogP contribution >= 0.6 is 12.2 Å². The van der Waals surface area contributed by atoms with Crippen LogP contribution in [0.3, 0.4) is 0 Å². The number of aromatic nitrogens is 1. The van der Waals surface area contributed by atoms with Crippen molar-refractivity contribution in [2.24, 2.45) is 0 Å². The van der Waals surface area contributed by atoms with Crippen molar-refractivity contribution in [1.82, 2.24) is 4.57 Å². The average Bonchev–Trinajstić information content (AvgIpc) is 2.08. The Kier molecular flexibility index (Phi) is 2.45. The van der Waals surface area contributed by atoms with Crippen molar-refractivity contribution in [2.45, 2.75) is 0 Å². The maximum absolute atomic E-state index is 9.24. The molecule has 1 N–H and O–H groups in total. The SMILES string of the molecule is C=CC(=C)n1cccc(O)c1=S. The largest absolute Gasteiger partial charge is 0.505 e. The predicted molar refractivity (Wildman–Crippen MR) is 52.5 cm³/mol. The van der Waals surface area contributed by atoms with E-state index in [0.717, 1.165) is 0 Å². The van der Waals surface area contributed by atoms with Crippen LogP contribution in [0.1, 0.15) is 0 Å². The fourth-order valence-corrected chi connectivity index (χ4v) is 1.05. The zero-order valence-corrected chi connectivity index (χ0v) is 7.34. The first-order chi connectivity index (χ1) is 5.66. The number of aromatic hydroxyl groups is 1. The summed E-state index contributed by atoms with van der Waals surface area (Å²) in [7, 11) is 0. The van der Waals surface area contributed by atoms with Gasteiger partial charge in [-0.1, -0.05) is 25.4 Å². The van der Waals surface area contributed by atoms with Gasteiger partial charge in [-0.25, -0.2) is 0 Å². The molecule has 0 radical (unpaired) electrons. The number of hydrogen-bond donors (Lipinski definition) is 1. The molecule has 1 aromatic heterocycles. The van der Waals surface area contributed by atoms with Crippen molar-refractivity contribution in [2.75, 3.05) is 0 Å². The zero-order chi connectivity index (χ0) is 9.14. The number of hydrogen-bond acceptors (Lipinski definition) is 2. The summed E-state index contributed by atoms with van der Waals surface area (Å²) in [5.41, 5.74) is 0.649. The highest BCUT2D eigenvalue weighted by Gasteiger charge is 1.96. The lowest BCUT2D eigenvalue weighted by Gasteiger charge is -2.05. The average molecular weight is 179 g/mol. The van der Waals surface area contributed by atoms with Crippen molar-refractivity contribution in [3.8, 4) is 5.75 Å². The van der Waals surface area contributed by atoms with Crippen LogP contribution in [0.4, 0.5) is 0 Å². The lowest BCUT2D eigenvalue weighted by Crippen LogP contribution is -1.94. The highest BCUT2D eigenvalue weighted by Crippen LogP contribution is 2.13. The summed E-state index contributed by atoms with van der Waals surface area (Å²) in [6.07, 6.45) is 3.31. The highest BCUT2D eigenvalue weighted by molar-refractivity contribution is 7.71. The van der Waals surface area contributed by atoms with E-state index < -0.39 is 0 Å². The third kappa shape index (κ3) is 1.46. The molecule has 1 aromatic rings. The molecule has 3 heteroatoms. The fraction of sp³-hybridized carbons (Fsp3) is 0. The van der Waals surface area contributed by atoms with E-state index in [4.69, 9.17) is 12.2 Å². The van der Waals surface area contributed by atoms with Crippen molar-refractivity contribution >= 4 is 17.9 Å². The Morgan fingerprint density at radius 1 is 1.67 bits per heavy atom. The third-order valence-corrected chi connectivity index (χ3v) is 1.88. The Hall–Kier alpha value is -1.35. The Labute approximate surface area is 76.1 Å². The maximum Gasteiger partial charge on any atom is 0.152 e. The van der Waals surface area contributed by atoms with Gasteiger partial charge in [0.1, 0.15) is 0 Å². The minimum atomic E-state index is 0.0792. The zero-order valence-electron chi connectivity index (χ0n) is 6.53. The van der Waals surface area contributed by atoms with Crippen LogP contribution in [0.25, 0.3) is 5.70 Å². The second-order valence-electron chi connectivity index (χ2n) is 2.26. The van der Waals surface area contributed by atoms with Gasteiger partial charge in [-0.05, 0) is 18.2 Å². The standard InChI is InChI=1S/C9H9NOS/c1-3-7(2)10-6-4-5-8(11)9(10)12/h3-6,11H,1-2H2. The molecule has 62 valence electrons. The van der Waals surface area contributed by atoms with Crippen molar-refractivity contribution in [3.63, 3.8) is 0 Å². The summed E-state index contributed by atoms with van der Waals surface area (Å²) in [5, 5.41) is 9.24. The molecule has 0 aliphatic heterocycles. The van der Waals surface area contributed by atoms with E-state index >= 15 is 0 Å². The van der Waals surface area contributed by atoms with E-state index in [2.05, 4.69) is 13.2 Å². The Morgan fingerprint density at radius 3 is 2.92 bits per heavy atom. The monoisotopic (exact) mass is 179 g/mol. The Balaban J connectivity index is 3.35. The molecule has 0 saturated heterocycles. The lowest BCUT2D eigenvalue weighted by atomic mass is 10.4. The molecule has 0 fully saturated rings. The van der Waals surface area contributed by atoms with Crippen LogP contribution in [0, 0.1) is 4.64 Å². The smallest absolute Gasteiger partial charge is 0.152 e. The number of nitrogens with zero attached hydrogens (tertiary/aromatic N) is 1. The second-order valence-corrected chi connectivity index (χ2v) is 2.65. The first-order valence-corrected chi connectivity index (χ1v) is 3.80. The van der Waals surface area contributed by atoms with Crippen molar-refractivity contribution < 1.29 is 5.11 Å². The first kappa shape index (κ1) is 8.74. The van der Waals surface area contributed by atoms with E-state index in [-0.39, 0.29) is 5.75 Å². The molecule has 0 spiro atoms. The second kappa shape index (κ2) is 3.36. The first-order valence-electron chi connectivity index (χ1n) is 3.39. The molecule has 1 heterocycles. The molecule has 1 rings (SSSR count). The van der Waals surface area contributed by atoms with E-state index in [0.29, 0.717) is 10.3 Å². The van der Waals surface area contributed by atoms with Gasteiger partial charge in [-0.2, -0.15) is 0 Å². The summed E-state index contributed by atoms with van der Waals surface area (Å²) >= 11 is 4.94. The van der Waals surface area contributed by atoms with E-state index in [1.807, 2.05) is 0 Å². The molecule has 0 amide bonds. The summed E-state index contributed by atoms with van der Waals surface area (Å²) in [5.74, 6) is 0.0792. The van der Waals surface area contributed by atoms with Gasteiger partial charge in [-0.15, -0.1) is 0 Å². The molecule has 2 nitrogen and oxygen atoms in total. The van der Waals surface area contributed by atoms with Gasteiger partial charge in [0, 0.05) is 11.9 Å². The van der Waals surface area contributed by atoms with Gasteiger partial charge < -0.3 is 9.67 Å². The molecular formula is C9H9NOS. The van der Waals surface area contributed by atoms with Crippen LogP contribution < -0.4 is 0 Å². The number of pyridine rings is 1. The third-order valence-electron chi connectivity index (χ3n) is 1.47. The Bertz CT molecular complexity index is 378. The predicted octanol–water partition coefficient (Wildman–Crippen LogP) is 2.58.